The van der Waals surface area contributed by atoms with Gasteiger partial charge in [0.25, 0.3) is 11.8 Å². The van der Waals surface area contributed by atoms with Crippen LogP contribution in [0.5, 0.6) is 0 Å². The minimum absolute atomic E-state index is 0.0179. The molecule has 3 aromatic rings. The number of imidazole rings is 1. The van der Waals surface area contributed by atoms with Crippen molar-refractivity contribution in [2.75, 3.05) is 6.54 Å². The van der Waals surface area contributed by atoms with E-state index in [-0.39, 0.29) is 29.5 Å². The number of pyridine rings is 1. The molecule has 3 atom stereocenters. The van der Waals surface area contributed by atoms with Gasteiger partial charge in [-0.1, -0.05) is 0 Å². The van der Waals surface area contributed by atoms with Gasteiger partial charge in [-0.15, -0.1) is 0 Å². The lowest BCUT2D eigenvalue weighted by molar-refractivity contribution is 0.0731. The van der Waals surface area contributed by atoms with Gasteiger partial charge < -0.3 is 20.0 Å². The summed E-state index contributed by atoms with van der Waals surface area (Å²) in [7, 11) is 0. The summed E-state index contributed by atoms with van der Waals surface area (Å²) in [5.41, 5.74) is 7.46. The van der Waals surface area contributed by atoms with E-state index in [9.17, 15) is 9.59 Å². The standard InChI is InChI=1S/C20H20N6O3/c21-18(27)16-17(29-8-23-16)14-10-6-12(14)26(7-10)20(28)11-3-4-22-19-15(11)24-13(25-19)5-9-1-2-9/h3-4,8-10,12,14H,1-2,5-7H2,(H2,21,27)(H,22,24,25). The Labute approximate surface area is 165 Å². The maximum Gasteiger partial charge on any atom is 0.270 e. The van der Waals surface area contributed by atoms with Gasteiger partial charge in [-0.2, -0.15) is 0 Å². The molecular weight excluding hydrogens is 372 g/mol. The Morgan fingerprint density at radius 2 is 2.17 bits per heavy atom. The van der Waals surface area contributed by atoms with Crippen LogP contribution in [0, 0.1) is 11.8 Å². The van der Waals surface area contributed by atoms with Crippen molar-refractivity contribution in [3.8, 4) is 0 Å². The maximum absolute atomic E-state index is 13.4. The van der Waals surface area contributed by atoms with Crippen LogP contribution in [0.3, 0.4) is 0 Å². The largest absolute Gasteiger partial charge is 0.447 e. The second kappa shape index (κ2) is 5.88. The van der Waals surface area contributed by atoms with Crippen LogP contribution in [0.4, 0.5) is 0 Å². The SMILES string of the molecule is NC(=O)c1ncoc1C1C2CC1N(C(=O)c1ccnc3nc(CC4CC4)[nH]c13)C2. The molecule has 2 bridgehead atoms. The Bertz CT molecular complexity index is 1150. The van der Waals surface area contributed by atoms with Crippen LogP contribution in [-0.2, 0) is 6.42 Å². The van der Waals surface area contributed by atoms with Gasteiger partial charge in [-0.25, -0.2) is 15.0 Å². The average Bonchev–Trinajstić information content (AvgIpc) is 3.12. The number of aromatic nitrogens is 4. The lowest BCUT2D eigenvalue weighted by atomic mass is 9.72. The highest BCUT2D eigenvalue weighted by Crippen LogP contribution is 2.53. The highest BCUT2D eigenvalue weighted by Gasteiger charge is 2.56. The summed E-state index contributed by atoms with van der Waals surface area (Å²) < 4.78 is 5.48. The number of hydrogen-bond donors (Lipinski definition) is 2. The third-order valence-corrected chi connectivity index (χ3v) is 6.54. The molecule has 2 aliphatic carbocycles. The van der Waals surface area contributed by atoms with Crippen LogP contribution in [0.1, 0.15) is 57.6 Å². The predicted octanol–water partition coefficient (Wildman–Crippen LogP) is 1.63. The van der Waals surface area contributed by atoms with Gasteiger partial charge in [0.05, 0.1) is 11.1 Å². The molecule has 3 aromatic heterocycles. The number of H-pyrrole nitrogens is 1. The summed E-state index contributed by atoms with van der Waals surface area (Å²) in [5, 5.41) is 0. The number of oxazole rings is 1. The molecule has 0 radical (unpaired) electrons. The van der Waals surface area contributed by atoms with Gasteiger partial charge in [0.15, 0.2) is 17.7 Å². The van der Waals surface area contributed by atoms with Gasteiger partial charge >= 0.3 is 0 Å². The summed E-state index contributed by atoms with van der Waals surface area (Å²) in [6.45, 7) is 0.625. The fraction of sp³-hybridized carbons (Fsp3) is 0.450. The molecule has 5 heterocycles. The number of fused-ring (bicyclic) bond motifs is 2. The van der Waals surface area contributed by atoms with Gasteiger partial charge in [-0.05, 0) is 37.2 Å². The van der Waals surface area contributed by atoms with Crippen molar-refractivity contribution >= 4 is 23.0 Å². The molecule has 2 saturated carbocycles. The molecule has 2 saturated heterocycles. The van der Waals surface area contributed by atoms with Crippen LogP contribution in [0.25, 0.3) is 11.2 Å². The first kappa shape index (κ1) is 16.7. The number of nitrogens with one attached hydrogen (secondary N) is 1. The topological polar surface area (TPSA) is 131 Å². The van der Waals surface area contributed by atoms with E-state index >= 15 is 0 Å². The maximum atomic E-state index is 13.4. The fourth-order valence-electron chi connectivity index (χ4n) is 4.90. The van der Waals surface area contributed by atoms with Crippen molar-refractivity contribution in [3.05, 3.63) is 41.5 Å². The number of hydrogen-bond acceptors (Lipinski definition) is 6. The lowest BCUT2D eigenvalue weighted by Gasteiger charge is -2.35. The average molecular weight is 392 g/mol. The Morgan fingerprint density at radius 1 is 1.31 bits per heavy atom. The molecule has 9 nitrogen and oxygen atoms in total. The Kier molecular flexibility index (Phi) is 3.39. The van der Waals surface area contributed by atoms with E-state index in [1.165, 1.54) is 19.2 Å². The van der Waals surface area contributed by atoms with Crippen LogP contribution in [0.15, 0.2) is 23.1 Å². The smallest absolute Gasteiger partial charge is 0.270 e. The minimum Gasteiger partial charge on any atom is -0.447 e. The number of carbonyl (C=O) groups excluding carboxylic acids is 2. The van der Waals surface area contributed by atoms with Crippen LogP contribution < -0.4 is 5.73 Å². The van der Waals surface area contributed by atoms with Crippen molar-refractivity contribution in [2.45, 2.75) is 37.6 Å². The van der Waals surface area contributed by atoms with Crippen molar-refractivity contribution in [3.63, 3.8) is 0 Å². The number of aromatic amines is 1. The fourth-order valence-corrected chi connectivity index (χ4v) is 4.90. The van der Waals surface area contributed by atoms with Gasteiger partial charge in [0.2, 0.25) is 0 Å². The van der Waals surface area contributed by atoms with E-state index in [4.69, 9.17) is 10.2 Å². The molecule has 4 fully saturated rings. The monoisotopic (exact) mass is 392 g/mol. The van der Waals surface area contributed by atoms with Gasteiger partial charge in [-0.3, -0.25) is 9.59 Å². The molecule has 29 heavy (non-hydrogen) atoms. The van der Waals surface area contributed by atoms with E-state index in [2.05, 4.69) is 19.9 Å². The summed E-state index contributed by atoms with van der Waals surface area (Å²) in [6, 6.07) is 1.73. The molecule has 9 heteroatoms. The molecule has 2 amide bonds. The molecule has 2 aliphatic heterocycles. The Hall–Kier alpha value is -3.23. The van der Waals surface area contributed by atoms with Gasteiger partial charge in [0.1, 0.15) is 11.6 Å². The van der Waals surface area contributed by atoms with Crippen LogP contribution in [0.2, 0.25) is 0 Å². The van der Waals surface area contributed by atoms with Crippen molar-refractivity contribution < 1.29 is 14.0 Å². The van der Waals surface area contributed by atoms with Crippen LogP contribution >= 0.6 is 0 Å². The third kappa shape index (κ3) is 2.49. The normalized spacial score (nSPS) is 25.4. The summed E-state index contributed by atoms with van der Waals surface area (Å²) >= 11 is 0. The van der Waals surface area contributed by atoms with E-state index in [1.54, 1.807) is 12.3 Å². The number of amides is 2. The van der Waals surface area contributed by atoms with Crippen molar-refractivity contribution in [1.82, 2.24) is 24.8 Å². The second-order valence-electron chi connectivity index (χ2n) is 8.36. The Morgan fingerprint density at radius 3 is 2.97 bits per heavy atom. The number of nitrogens with zero attached hydrogens (tertiary/aromatic N) is 4. The molecule has 0 spiro atoms. The predicted molar refractivity (Wildman–Crippen MR) is 101 cm³/mol. The summed E-state index contributed by atoms with van der Waals surface area (Å²) in [5.74, 6) is 1.66. The van der Waals surface area contributed by atoms with Crippen molar-refractivity contribution in [2.24, 2.45) is 17.6 Å². The molecule has 3 N–H and O–H groups in total. The van der Waals surface area contributed by atoms with E-state index in [1.807, 2.05) is 4.90 Å². The molecule has 4 aliphatic rings. The summed E-state index contributed by atoms with van der Waals surface area (Å²) in [6.07, 6.45) is 7.16. The molecule has 0 aromatic carbocycles. The number of carbonyl (C=O) groups is 2. The molecule has 148 valence electrons. The van der Waals surface area contributed by atoms with Gasteiger partial charge in [0, 0.05) is 31.1 Å². The first-order chi connectivity index (χ1) is 14.1. The first-order valence-corrected chi connectivity index (χ1v) is 9.98. The first-order valence-electron chi connectivity index (χ1n) is 9.98. The second-order valence-corrected chi connectivity index (χ2v) is 8.36. The number of nitrogens with two attached hydrogens (primary N) is 1. The van der Waals surface area contributed by atoms with E-state index in [0.29, 0.717) is 35.0 Å². The number of rotatable bonds is 5. The highest BCUT2D eigenvalue weighted by molar-refractivity contribution is 6.04. The van der Waals surface area contributed by atoms with Crippen LogP contribution in [-0.4, -0.2) is 49.2 Å². The lowest BCUT2D eigenvalue weighted by Crippen LogP contribution is -2.40. The minimum atomic E-state index is -0.602. The van der Waals surface area contributed by atoms with E-state index < -0.39 is 5.91 Å². The zero-order valence-corrected chi connectivity index (χ0v) is 15.7. The number of primary amides is 1. The quantitative estimate of drug-likeness (QED) is 0.678. The Balaban J connectivity index is 1.30. The highest BCUT2D eigenvalue weighted by atomic mass is 16.3. The molecule has 7 rings (SSSR count). The van der Waals surface area contributed by atoms with Crippen molar-refractivity contribution in [1.29, 1.82) is 0 Å². The third-order valence-electron chi connectivity index (χ3n) is 6.54. The molecular formula is C20H20N6O3. The molecule has 3 unspecified atom stereocenters. The zero-order chi connectivity index (χ0) is 19.7. The van der Waals surface area contributed by atoms with E-state index in [0.717, 1.165) is 18.7 Å². The summed E-state index contributed by atoms with van der Waals surface area (Å²) in [4.78, 5) is 43.1. The zero-order valence-electron chi connectivity index (χ0n) is 15.7.